The van der Waals surface area contributed by atoms with Gasteiger partial charge in [-0.25, -0.2) is 0 Å². The molecule has 0 bridgehead atoms. The first kappa shape index (κ1) is 34.2. The molecule has 6 rings (SSSR count). The van der Waals surface area contributed by atoms with Crippen molar-refractivity contribution in [3.05, 3.63) is 125 Å². The van der Waals surface area contributed by atoms with E-state index in [1.165, 1.54) is 0 Å². The van der Waals surface area contributed by atoms with Crippen molar-refractivity contribution in [3.8, 4) is 5.75 Å². The topological polar surface area (TPSA) is 108 Å². The number of hydrogen-bond donors (Lipinski definition) is 2. The molecule has 4 aromatic carbocycles. The van der Waals surface area contributed by atoms with E-state index < -0.39 is 12.1 Å². The van der Waals surface area contributed by atoms with E-state index >= 15 is 0 Å². The molecule has 0 aromatic heterocycles. The number of ether oxygens (including phenoxy) is 1. The molecule has 2 N–H and O–H groups in total. The van der Waals surface area contributed by atoms with Gasteiger partial charge in [0.2, 0.25) is 23.6 Å². The minimum atomic E-state index is -0.510. The van der Waals surface area contributed by atoms with Crippen molar-refractivity contribution in [2.45, 2.75) is 50.6 Å². The van der Waals surface area contributed by atoms with Crippen LogP contribution in [0.1, 0.15) is 47.9 Å². The number of hydrogen-bond acceptors (Lipinski definition) is 5. The van der Waals surface area contributed by atoms with E-state index in [0.29, 0.717) is 43.1 Å². The molecule has 4 aromatic rings. The van der Waals surface area contributed by atoms with Crippen LogP contribution in [0.4, 0.5) is 11.4 Å². The van der Waals surface area contributed by atoms with Crippen LogP contribution in [0.2, 0.25) is 0 Å². The van der Waals surface area contributed by atoms with Gasteiger partial charge in [-0.2, -0.15) is 0 Å². The molecular weight excluding hydrogens is 628 g/mol. The Balaban J connectivity index is 0.988. The summed E-state index contributed by atoms with van der Waals surface area (Å²) in [5.41, 5.74) is 5.00. The molecule has 0 unspecified atom stereocenters. The van der Waals surface area contributed by atoms with Gasteiger partial charge in [-0.1, -0.05) is 84.9 Å². The van der Waals surface area contributed by atoms with Gasteiger partial charge in [-0.05, 0) is 72.7 Å². The summed E-state index contributed by atoms with van der Waals surface area (Å²) in [6, 6.07) is 31.2. The van der Waals surface area contributed by atoms with Crippen molar-refractivity contribution in [1.29, 1.82) is 0 Å². The van der Waals surface area contributed by atoms with Crippen LogP contribution in [0.3, 0.4) is 0 Å². The lowest BCUT2D eigenvalue weighted by Gasteiger charge is -2.24. The maximum atomic E-state index is 13.2. The minimum absolute atomic E-state index is 0.0297. The fourth-order valence-electron chi connectivity index (χ4n) is 6.66. The Morgan fingerprint density at radius 1 is 0.640 bits per heavy atom. The maximum absolute atomic E-state index is 13.2. The van der Waals surface area contributed by atoms with Crippen LogP contribution in [0.5, 0.6) is 5.75 Å². The lowest BCUT2D eigenvalue weighted by Crippen LogP contribution is -2.43. The number of nitrogens with one attached hydrogen (secondary N) is 2. The van der Waals surface area contributed by atoms with Crippen LogP contribution in [0, 0.1) is 0 Å². The second-order valence-corrected chi connectivity index (χ2v) is 12.7. The van der Waals surface area contributed by atoms with Crippen LogP contribution < -0.4 is 15.4 Å². The highest BCUT2D eigenvalue weighted by atomic mass is 16.5. The van der Waals surface area contributed by atoms with E-state index in [2.05, 4.69) is 10.6 Å². The molecule has 0 aliphatic carbocycles. The third-order valence-corrected chi connectivity index (χ3v) is 9.31. The summed E-state index contributed by atoms with van der Waals surface area (Å²) in [5, 5.41) is 5.96. The molecule has 2 saturated heterocycles. The molecular formula is C41H42N4O5. The minimum Gasteiger partial charge on any atom is -0.496 e. The molecule has 9 nitrogen and oxygen atoms in total. The van der Waals surface area contributed by atoms with Gasteiger partial charge in [0.05, 0.1) is 20.0 Å². The number of para-hydroxylation sites is 1. The predicted octanol–water partition coefficient (Wildman–Crippen LogP) is 6.21. The number of amides is 4. The SMILES string of the molecule is COc1ccccc1CC(=O)N1CCC[C@H]1C(=O)Nc1ccc(/C=C/c2ccc(NC(=O)[C@@H]3CCCN3C(=O)Cc3ccccc3)cc2)cc1. The highest BCUT2D eigenvalue weighted by Gasteiger charge is 2.35. The first-order valence-electron chi connectivity index (χ1n) is 17.1. The summed E-state index contributed by atoms with van der Waals surface area (Å²) >= 11 is 0. The number of rotatable bonds is 11. The smallest absolute Gasteiger partial charge is 0.247 e. The molecule has 2 atom stereocenters. The largest absolute Gasteiger partial charge is 0.496 e. The Bertz CT molecular complexity index is 1840. The Kier molecular flexibility index (Phi) is 11.0. The summed E-state index contributed by atoms with van der Waals surface area (Å²) in [5.74, 6) is 0.189. The van der Waals surface area contributed by atoms with Crippen LogP contribution in [-0.4, -0.2) is 65.7 Å². The van der Waals surface area contributed by atoms with Gasteiger partial charge in [-0.15, -0.1) is 0 Å². The average Bonchev–Trinajstić information content (AvgIpc) is 3.84. The molecule has 0 radical (unpaired) electrons. The summed E-state index contributed by atoms with van der Waals surface area (Å²) in [4.78, 5) is 55.8. The number of anilines is 2. The number of nitrogens with zero attached hydrogens (tertiary/aromatic N) is 2. The second-order valence-electron chi connectivity index (χ2n) is 12.7. The standard InChI is InChI=1S/C41H42N4O5/c1-50-37-14-6-5-11-32(37)28-39(47)45-26-8-13-36(45)41(49)43-34-23-19-30(20-24-34)16-15-29-17-21-33(22-18-29)42-40(48)35-12-7-25-44(35)38(46)27-31-9-3-2-4-10-31/h2-6,9-11,14-24,35-36H,7-8,12-13,25-28H2,1H3,(H,42,48)(H,43,49)/b16-15+/t35-,36-/m0/s1. The van der Waals surface area contributed by atoms with Crippen molar-refractivity contribution in [2.24, 2.45) is 0 Å². The van der Waals surface area contributed by atoms with E-state index in [0.717, 1.165) is 35.1 Å². The number of methoxy groups -OCH3 is 1. The van der Waals surface area contributed by atoms with Crippen LogP contribution in [0.15, 0.2) is 103 Å². The van der Waals surface area contributed by atoms with Crippen molar-refractivity contribution in [1.82, 2.24) is 9.80 Å². The molecule has 2 aliphatic heterocycles. The lowest BCUT2D eigenvalue weighted by molar-refractivity contribution is -0.136. The van der Waals surface area contributed by atoms with Gasteiger partial charge < -0.3 is 25.2 Å². The van der Waals surface area contributed by atoms with E-state index in [4.69, 9.17) is 4.74 Å². The van der Waals surface area contributed by atoms with Crippen LogP contribution in [0.25, 0.3) is 12.2 Å². The molecule has 256 valence electrons. The van der Waals surface area contributed by atoms with Gasteiger partial charge in [0.1, 0.15) is 17.8 Å². The Morgan fingerprint density at radius 3 is 1.64 bits per heavy atom. The number of carbonyl (C=O) groups excluding carboxylic acids is 4. The lowest BCUT2D eigenvalue weighted by atomic mass is 10.1. The molecule has 0 spiro atoms. The zero-order chi connectivity index (χ0) is 34.9. The van der Waals surface area contributed by atoms with Crippen LogP contribution >= 0.6 is 0 Å². The number of benzene rings is 4. The Labute approximate surface area is 292 Å². The zero-order valence-corrected chi connectivity index (χ0v) is 28.2. The van der Waals surface area contributed by atoms with E-state index in [9.17, 15) is 19.2 Å². The summed E-state index contributed by atoms with van der Waals surface area (Å²) in [7, 11) is 1.58. The van der Waals surface area contributed by atoms with Gasteiger partial charge in [-0.3, -0.25) is 19.2 Å². The number of likely N-dealkylation sites (tertiary alicyclic amines) is 2. The highest BCUT2D eigenvalue weighted by Crippen LogP contribution is 2.25. The quantitative estimate of drug-likeness (QED) is 0.185. The van der Waals surface area contributed by atoms with Gasteiger partial charge in [0.15, 0.2) is 0 Å². The van der Waals surface area contributed by atoms with Crippen molar-refractivity contribution >= 4 is 47.2 Å². The van der Waals surface area contributed by atoms with Crippen molar-refractivity contribution in [3.63, 3.8) is 0 Å². The monoisotopic (exact) mass is 670 g/mol. The van der Waals surface area contributed by atoms with Gasteiger partial charge >= 0.3 is 0 Å². The normalized spacial score (nSPS) is 17.1. The van der Waals surface area contributed by atoms with Gasteiger partial charge in [0.25, 0.3) is 0 Å². The van der Waals surface area contributed by atoms with E-state index in [1.807, 2.05) is 115 Å². The fourth-order valence-corrected chi connectivity index (χ4v) is 6.66. The molecule has 50 heavy (non-hydrogen) atoms. The summed E-state index contributed by atoms with van der Waals surface area (Å²) < 4.78 is 5.39. The fraction of sp³-hybridized carbons (Fsp3) is 0.268. The van der Waals surface area contributed by atoms with Crippen LogP contribution in [-0.2, 0) is 32.0 Å². The summed E-state index contributed by atoms with van der Waals surface area (Å²) in [6.45, 7) is 1.14. The maximum Gasteiger partial charge on any atom is 0.247 e. The average molecular weight is 671 g/mol. The summed E-state index contributed by atoms with van der Waals surface area (Å²) in [6.07, 6.45) is 7.29. The van der Waals surface area contributed by atoms with Crippen molar-refractivity contribution < 1.29 is 23.9 Å². The van der Waals surface area contributed by atoms with E-state index in [-0.39, 0.29) is 36.5 Å². The Hall–Kier alpha value is -5.70. The molecule has 2 heterocycles. The molecule has 9 heteroatoms. The number of carbonyl (C=O) groups is 4. The molecule has 2 fully saturated rings. The first-order chi connectivity index (χ1) is 24.4. The zero-order valence-electron chi connectivity index (χ0n) is 28.2. The predicted molar refractivity (Wildman–Crippen MR) is 195 cm³/mol. The highest BCUT2D eigenvalue weighted by molar-refractivity contribution is 5.99. The molecule has 0 saturated carbocycles. The van der Waals surface area contributed by atoms with E-state index in [1.54, 1.807) is 16.9 Å². The first-order valence-corrected chi connectivity index (χ1v) is 17.1. The molecule has 2 aliphatic rings. The van der Waals surface area contributed by atoms with Gasteiger partial charge in [0, 0.05) is 30.0 Å². The third kappa shape index (κ3) is 8.47. The second kappa shape index (κ2) is 16.1. The molecule has 4 amide bonds. The Morgan fingerprint density at radius 2 is 1.12 bits per heavy atom. The van der Waals surface area contributed by atoms with Crippen molar-refractivity contribution in [2.75, 3.05) is 30.8 Å². The third-order valence-electron chi connectivity index (χ3n) is 9.31.